The number of aromatic nitrogens is 2. The zero-order chi connectivity index (χ0) is 28.5. The molecular formula is C26H29Cl2F2N5O3. The molecule has 12 heteroatoms. The van der Waals surface area contributed by atoms with Crippen LogP contribution in [0.1, 0.15) is 18.9 Å². The molecule has 1 aliphatic rings. The first-order valence-corrected chi connectivity index (χ1v) is 12.2. The van der Waals surface area contributed by atoms with Crippen LogP contribution >= 0.6 is 23.2 Å². The molecule has 1 atom stereocenters. The summed E-state index contributed by atoms with van der Waals surface area (Å²) in [6.07, 6.45) is 5.75. The van der Waals surface area contributed by atoms with Gasteiger partial charge in [-0.1, -0.05) is 29.3 Å². The average Bonchev–Trinajstić information content (AvgIpc) is 3.26. The highest BCUT2D eigenvalue weighted by Gasteiger charge is 2.42. The van der Waals surface area contributed by atoms with Crippen molar-refractivity contribution in [3.63, 3.8) is 0 Å². The lowest BCUT2D eigenvalue weighted by Crippen LogP contribution is -2.39. The monoisotopic (exact) mass is 567 g/mol. The van der Waals surface area contributed by atoms with Gasteiger partial charge in [0, 0.05) is 24.3 Å². The van der Waals surface area contributed by atoms with Gasteiger partial charge in [0.15, 0.2) is 0 Å². The Morgan fingerprint density at radius 1 is 1.26 bits per heavy atom. The van der Waals surface area contributed by atoms with E-state index in [9.17, 15) is 23.2 Å². The number of hydrogen-bond donors (Lipinski definition) is 2. The van der Waals surface area contributed by atoms with Crippen LogP contribution in [0.3, 0.4) is 0 Å². The molecule has 3 aromatic rings. The number of halogens is 4. The minimum absolute atomic E-state index is 0.163. The molecule has 1 aromatic heterocycles. The second-order valence-electron chi connectivity index (χ2n) is 8.45. The Balaban J connectivity index is 0.000000651. The molecule has 2 aromatic carbocycles. The fourth-order valence-corrected chi connectivity index (χ4v) is 4.70. The van der Waals surface area contributed by atoms with Crippen LogP contribution in [0, 0.1) is 5.82 Å². The highest BCUT2D eigenvalue weighted by atomic mass is 35.5. The molecule has 3 N–H and O–H groups in total. The van der Waals surface area contributed by atoms with Crippen LogP contribution in [0.25, 0.3) is 10.9 Å². The van der Waals surface area contributed by atoms with Gasteiger partial charge in [0.2, 0.25) is 5.91 Å². The van der Waals surface area contributed by atoms with Crippen LogP contribution in [-0.2, 0) is 21.7 Å². The van der Waals surface area contributed by atoms with Crippen molar-refractivity contribution < 1.29 is 18.4 Å². The third-order valence-corrected chi connectivity index (χ3v) is 6.59. The first-order valence-electron chi connectivity index (χ1n) is 11.4. The Labute approximate surface area is 229 Å². The van der Waals surface area contributed by atoms with Gasteiger partial charge in [-0.3, -0.25) is 23.3 Å². The first kappa shape index (κ1) is 30.9. The van der Waals surface area contributed by atoms with Crippen LogP contribution in [0.4, 0.5) is 14.5 Å². The normalized spacial score (nSPS) is 16.9. The summed E-state index contributed by atoms with van der Waals surface area (Å²) in [5.41, 5.74) is 5.33. The number of rotatable bonds is 6. The number of primary amides is 1. The molecule has 2 heterocycles. The van der Waals surface area contributed by atoms with Gasteiger partial charge in [0.05, 0.1) is 40.0 Å². The van der Waals surface area contributed by atoms with Crippen molar-refractivity contribution in [1.29, 1.82) is 0 Å². The Bertz CT molecular complexity index is 1380. The molecule has 8 nitrogen and oxygen atoms in total. The fraction of sp³-hybridized carbons (Fsp3) is 0.308. The third-order valence-electron chi connectivity index (χ3n) is 5.79. The number of hydrogen-bond acceptors (Lipinski definition) is 6. The topological polar surface area (TPSA) is 110 Å². The molecule has 1 amide bonds. The summed E-state index contributed by atoms with van der Waals surface area (Å²) in [7, 11) is 2.44. The van der Waals surface area contributed by atoms with Crippen molar-refractivity contribution in [3.05, 3.63) is 80.6 Å². The van der Waals surface area contributed by atoms with Gasteiger partial charge in [0.1, 0.15) is 18.6 Å². The van der Waals surface area contributed by atoms with Gasteiger partial charge in [-0.25, -0.2) is 9.37 Å². The fourth-order valence-electron chi connectivity index (χ4n) is 4.21. The molecule has 0 saturated carbocycles. The number of carbonyl (C=O) groups excluding carboxylic acids is 2. The van der Waals surface area contributed by atoms with E-state index in [2.05, 4.69) is 15.2 Å². The van der Waals surface area contributed by atoms with Crippen LogP contribution in [0.2, 0.25) is 10.0 Å². The predicted molar refractivity (Wildman–Crippen MR) is 147 cm³/mol. The lowest BCUT2D eigenvalue weighted by atomic mass is 9.87. The molecule has 38 heavy (non-hydrogen) atoms. The molecule has 204 valence electrons. The number of benzene rings is 2. The summed E-state index contributed by atoms with van der Waals surface area (Å²) < 4.78 is 25.6. The summed E-state index contributed by atoms with van der Waals surface area (Å²) in [6.45, 7) is 2.74. The second-order valence-corrected chi connectivity index (χ2v) is 9.24. The number of allylic oxidation sites excluding steroid dienone is 2. The molecule has 1 unspecified atom stereocenters. The molecule has 1 fully saturated rings. The Hall–Kier alpha value is -3.34. The number of anilines is 1. The van der Waals surface area contributed by atoms with Crippen molar-refractivity contribution in [3.8, 4) is 0 Å². The minimum atomic E-state index is -0.844. The first-order chi connectivity index (χ1) is 18.1. The zero-order valence-corrected chi connectivity index (χ0v) is 22.7. The smallest absolute Gasteiger partial charge is 0.261 e. The van der Waals surface area contributed by atoms with E-state index in [1.165, 1.54) is 24.5 Å². The lowest BCUT2D eigenvalue weighted by Gasteiger charge is -2.33. The predicted octanol–water partition coefficient (Wildman–Crippen LogP) is 4.32. The van der Waals surface area contributed by atoms with Gasteiger partial charge in [0.25, 0.3) is 5.56 Å². The summed E-state index contributed by atoms with van der Waals surface area (Å²) in [5, 5.41) is 4.14. The van der Waals surface area contributed by atoms with Gasteiger partial charge in [-0.2, -0.15) is 0 Å². The molecule has 1 aliphatic heterocycles. The second kappa shape index (κ2) is 14.0. The number of likely N-dealkylation sites (N-methyl/N-ethyl adjacent to an activating group) is 1. The number of amides is 1. The van der Waals surface area contributed by atoms with Crippen molar-refractivity contribution in [2.24, 2.45) is 5.73 Å². The standard InChI is InChI=1S/C21H20Cl2FN5O2.C4H6O.CH3F/c1-28-7-6-21(10-28,18-15(24)4-3-14(22)19(18)23)27-12-2-5-16-13(8-12)20(31)29(11-26-16)9-17(25)30;1-2-3-4-5;1-2/h2-5,8,11,27H,6-7,9-10H2,1H3,(H2,25,30);2-4H,1H3;1H3/b;3-2+;. The van der Waals surface area contributed by atoms with E-state index in [0.717, 1.165) is 17.4 Å². The molecule has 0 radical (unpaired) electrons. The number of alkyl halides is 1. The largest absolute Gasteiger partial charge is 0.374 e. The van der Waals surface area contributed by atoms with Gasteiger partial charge < -0.3 is 16.0 Å². The van der Waals surface area contributed by atoms with Crippen molar-refractivity contribution >= 4 is 52.0 Å². The van der Waals surface area contributed by atoms with Crippen LogP contribution in [-0.4, -0.2) is 54.0 Å². The quantitative estimate of drug-likeness (QED) is 0.261. The van der Waals surface area contributed by atoms with Gasteiger partial charge in [-0.05, 0) is 56.8 Å². The third kappa shape index (κ3) is 7.15. The van der Waals surface area contributed by atoms with Crippen LogP contribution in [0.15, 0.2) is 53.6 Å². The van der Waals surface area contributed by atoms with E-state index in [1.807, 2.05) is 7.05 Å². The molecule has 0 aliphatic carbocycles. The molecule has 0 bridgehead atoms. The van der Waals surface area contributed by atoms with E-state index in [0.29, 0.717) is 42.3 Å². The van der Waals surface area contributed by atoms with Crippen LogP contribution < -0.4 is 16.6 Å². The highest BCUT2D eigenvalue weighted by molar-refractivity contribution is 6.42. The average molecular weight is 568 g/mol. The summed E-state index contributed by atoms with van der Waals surface area (Å²) in [6, 6.07) is 7.83. The lowest BCUT2D eigenvalue weighted by molar-refractivity contribution is -0.118. The zero-order valence-electron chi connectivity index (χ0n) is 21.2. The van der Waals surface area contributed by atoms with Crippen molar-refractivity contribution in [1.82, 2.24) is 14.5 Å². The number of nitrogens with zero attached hydrogens (tertiary/aromatic N) is 3. The van der Waals surface area contributed by atoms with Crippen molar-refractivity contribution in [2.45, 2.75) is 25.4 Å². The number of fused-ring (bicyclic) bond motifs is 1. The van der Waals surface area contributed by atoms with E-state index < -0.39 is 22.8 Å². The number of nitrogens with two attached hydrogens (primary N) is 1. The number of nitrogens with one attached hydrogen (secondary N) is 1. The maximum atomic E-state index is 14.9. The summed E-state index contributed by atoms with van der Waals surface area (Å²) in [5.74, 6) is -1.10. The highest BCUT2D eigenvalue weighted by Crippen LogP contribution is 2.42. The number of likely N-dealkylation sites (tertiary alicyclic amines) is 1. The van der Waals surface area contributed by atoms with E-state index in [4.69, 9.17) is 28.9 Å². The molecular weight excluding hydrogens is 539 g/mol. The minimum Gasteiger partial charge on any atom is -0.374 e. The maximum Gasteiger partial charge on any atom is 0.261 e. The van der Waals surface area contributed by atoms with E-state index in [-0.39, 0.29) is 16.6 Å². The summed E-state index contributed by atoms with van der Waals surface area (Å²) in [4.78, 5) is 39.6. The Morgan fingerprint density at radius 3 is 2.53 bits per heavy atom. The molecule has 0 spiro atoms. The van der Waals surface area contributed by atoms with E-state index in [1.54, 1.807) is 31.2 Å². The Kier molecular flexibility index (Phi) is 11.4. The van der Waals surface area contributed by atoms with Gasteiger partial charge >= 0.3 is 0 Å². The molecule has 1 saturated heterocycles. The van der Waals surface area contributed by atoms with Crippen LogP contribution in [0.5, 0.6) is 0 Å². The Morgan fingerprint density at radius 2 is 1.97 bits per heavy atom. The van der Waals surface area contributed by atoms with E-state index >= 15 is 0 Å². The maximum absolute atomic E-state index is 14.9. The van der Waals surface area contributed by atoms with Gasteiger partial charge in [-0.15, -0.1) is 0 Å². The number of aldehydes is 1. The molecule has 4 rings (SSSR count). The number of carbonyl (C=O) groups is 2. The summed E-state index contributed by atoms with van der Waals surface area (Å²) >= 11 is 12.6. The SMILES string of the molecule is C/C=C/C=O.CF.CN1CCC(Nc2ccc3ncn(CC(N)=O)c(=O)c3c2)(c2c(F)ccc(Cl)c2Cl)C1. The van der Waals surface area contributed by atoms with Crippen molar-refractivity contribution in [2.75, 3.05) is 32.6 Å².